The molecule has 27 heavy (non-hydrogen) atoms. The molecule has 0 spiro atoms. The number of aromatic nitrogens is 1. The molecule has 0 radical (unpaired) electrons. The van der Waals surface area contributed by atoms with Gasteiger partial charge in [0.2, 0.25) is 5.88 Å². The van der Waals surface area contributed by atoms with Crippen molar-refractivity contribution in [3.05, 3.63) is 73.4 Å². The Hall–Kier alpha value is -2.56. The summed E-state index contributed by atoms with van der Waals surface area (Å²) in [4.78, 5) is 15.4. The average Bonchev–Trinajstić information content (AvgIpc) is 2.61. The van der Waals surface area contributed by atoms with E-state index in [1.165, 1.54) is 0 Å². The molecule has 0 saturated heterocycles. The zero-order valence-corrected chi connectivity index (χ0v) is 17.1. The number of hydrogen-bond acceptors (Lipinski definition) is 5. The Kier molecular flexibility index (Phi) is 5.40. The molecule has 2 heterocycles. The second kappa shape index (κ2) is 7.59. The van der Waals surface area contributed by atoms with Gasteiger partial charge in [0.05, 0.1) is 11.5 Å². The highest BCUT2D eigenvalue weighted by molar-refractivity contribution is 9.10. The van der Waals surface area contributed by atoms with E-state index in [0.717, 1.165) is 22.3 Å². The molecule has 1 aromatic carbocycles. The Balaban J connectivity index is 2.22. The maximum Gasteiger partial charge on any atom is 0.258 e. The number of halogens is 1. The maximum absolute atomic E-state index is 13.3. The van der Waals surface area contributed by atoms with Gasteiger partial charge in [0, 0.05) is 29.3 Å². The van der Waals surface area contributed by atoms with Gasteiger partial charge >= 0.3 is 0 Å². The Morgan fingerprint density at radius 1 is 1.33 bits per heavy atom. The molecule has 2 aromatic rings. The zero-order valence-electron chi connectivity index (χ0n) is 15.5. The minimum atomic E-state index is -0.550. The zero-order chi connectivity index (χ0) is 19.7. The molecule has 0 saturated carbocycles. The first-order valence-electron chi connectivity index (χ1n) is 8.55. The molecule has 1 aromatic heterocycles. The number of fused-ring (bicyclic) bond motifs is 1. The van der Waals surface area contributed by atoms with Gasteiger partial charge in [-0.25, -0.2) is 0 Å². The first kappa shape index (κ1) is 19.2. The molecule has 1 aliphatic rings. The molecular weight excluding hydrogens is 408 g/mol. The van der Waals surface area contributed by atoms with Crippen LogP contribution in [0.5, 0.6) is 5.75 Å². The fourth-order valence-electron chi connectivity index (χ4n) is 3.25. The highest BCUT2D eigenvalue weighted by atomic mass is 79.9. The number of aryl methyl sites for hydroxylation is 1. The number of benzene rings is 1. The lowest BCUT2D eigenvalue weighted by Crippen LogP contribution is -2.34. The Morgan fingerprint density at radius 2 is 2.00 bits per heavy atom. The quantitative estimate of drug-likeness (QED) is 0.808. The molecule has 0 amide bonds. The number of nitrogens with two attached hydrogens (primary N) is 1. The van der Waals surface area contributed by atoms with Crippen molar-refractivity contribution in [2.75, 3.05) is 20.6 Å². The normalized spacial score (nSPS) is 16.1. The number of hydrogen-bond donors (Lipinski definition) is 1. The molecular formula is C20H21BrN4O2. The number of ether oxygens (including phenoxy) is 1. The minimum absolute atomic E-state index is 0.0442. The third kappa shape index (κ3) is 3.64. The van der Waals surface area contributed by atoms with E-state index < -0.39 is 5.92 Å². The van der Waals surface area contributed by atoms with Crippen molar-refractivity contribution in [3.63, 3.8) is 0 Å². The van der Waals surface area contributed by atoms with Crippen LogP contribution in [0.2, 0.25) is 0 Å². The predicted molar refractivity (Wildman–Crippen MR) is 107 cm³/mol. The number of nitriles is 1. The van der Waals surface area contributed by atoms with E-state index >= 15 is 0 Å². The van der Waals surface area contributed by atoms with E-state index in [-0.39, 0.29) is 17.0 Å². The summed E-state index contributed by atoms with van der Waals surface area (Å²) in [6, 6.07) is 11.5. The van der Waals surface area contributed by atoms with Crippen molar-refractivity contribution in [1.82, 2.24) is 9.47 Å². The standard InChI is InChI=1S/C20H21BrN4O2/c1-12-10-16-18(20(26)25(12)9-8-24(2)3)17(15(11-22)19(23)27-16)13-4-6-14(21)7-5-13/h4-7,10,17H,8-9,23H2,1-3H3/t17-/m1/s1. The van der Waals surface area contributed by atoms with Crippen molar-refractivity contribution < 1.29 is 4.74 Å². The summed E-state index contributed by atoms with van der Waals surface area (Å²) in [6.07, 6.45) is 0. The van der Waals surface area contributed by atoms with Gasteiger partial charge in [0.25, 0.3) is 5.56 Å². The summed E-state index contributed by atoms with van der Waals surface area (Å²) >= 11 is 3.42. The molecule has 1 atom stereocenters. The lowest BCUT2D eigenvalue weighted by Gasteiger charge is -2.27. The predicted octanol–water partition coefficient (Wildman–Crippen LogP) is 2.70. The van der Waals surface area contributed by atoms with Crippen molar-refractivity contribution in [2.24, 2.45) is 5.73 Å². The number of rotatable bonds is 4. The van der Waals surface area contributed by atoms with Gasteiger partial charge in [-0.1, -0.05) is 28.1 Å². The molecule has 7 heteroatoms. The van der Waals surface area contributed by atoms with Gasteiger partial charge in [0.1, 0.15) is 17.4 Å². The van der Waals surface area contributed by atoms with Gasteiger partial charge in [-0.05, 0) is 38.7 Å². The average molecular weight is 429 g/mol. The fourth-order valence-corrected chi connectivity index (χ4v) is 3.52. The molecule has 0 bridgehead atoms. The van der Waals surface area contributed by atoms with Crippen LogP contribution in [0.15, 0.2) is 51.1 Å². The van der Waals surface area contributed by atoms with Crippen LogP contribution in [-0.4, -0.2) is 30.1 Å². The van der Waals surface area contributed by atoms with Crippen LogP contribution in [-0.2, 0) is 6.54 Å². The Labute approximate surface area is 166 Å². The van der Waals surface area contributed by atoms with E-state index in [4.69, 9.17) is 10.5 Å². The van der Waals surface area contributed by atoms with Crippen LogP contribution < -0.4 is 16.0 Å². The van der Waals surface area contributed by atoms with E-state index in [9.17, 15) is 10.1 Å². The number of allylic oxidation sites excluding steroid dienone is 1. The smallest absolute Gasteiger partial charge is 0.258 e. The van der Waals surface area contributed by atoms with Crippen LogP contribution in [0.25, 0.3) is 0 Å². The van der Waals surface area contributed by atoms with Crippen molar-refractivity contribution >= 4 is 15.9 Å². The third-order valence-electron chi connectivity index (χ3n) is 4.66. The first-order chi connectivity index (χ1) is 12.8. The summed E-state index contributed by atoms with van der Waals surface area (Å²) in [5, 5.41) is 9.67. The maximum atomic E-state index is 13.3. The summed E-state index contributed by atoms with van der Waals surface area (Å²) in [5.41, 5.74) is 8.18. The summed E-state index contributed by atoms with van der Waals surface area (Å²) in [7, 11) is 3.92. The van der Waals surface area contributed by atoms with E-state index in [1.54, 1.807) is 4.57 Å². The third-order valence-corrected chi connectivity index (χ3v) is 5.19. The van der Waals surface area contributed by atoms with Gasteiger partial charge in [0.15, 0.2) is 0 Å². The number of likely N-dealkylation sites (N-methyl/N-ethyl adjacent to an activating group) is 1. The SMILES string of the molecule is Cc1cc2c(c(=O)n1CCN(C)C)[C@H](c1ccc(Br)cc1)C(C#N)=C(N)O2. The van der Waals surface area contributed by atoms with Crippen LogP contribution in [0, 0.1) is 18.3 Å². The van der Waals surface area contributed by atoms with Gasteiger partial charge in [-0.3, -0.25) is 4.79 Å². The molecule has 2 N–H and O–H groups in total. The van der Waals surface area contributed by atoms with Gasteiger partial charge in [-0.2, -0.15) is 5.26 Å². The van der Waals surface area contributed by atoms with Crippen molar-refractivity contribution in [3.8, 4) is 11.8 Å². The second-order valence-electron chi connectivity index (χ2n) is 6.80. The first-order valence-corrected chi connectivity index (χ1v) is 9.35. The number of pyridine rings is 1. The van der Waals surface area contributed by atoms with Crippen molar-refractivity contribution in [1.29, 1.82) is 5.26 Å². The lowest BCUT2D eigenvalue weighted by molar-refractivity contribution is 0.369. The Bertz CT molecular complexity index is 1000. The van der Waals surface area contributed by atoms with Crippen molar-refractivity contribution in [2.45, 2.75) is 19.4 Å². The largest absolute Gasteiger partial charge is 0.440 e. The molecule has 1 aliphatic heterocycles. The van der Waals surface area contributed by atoms with E-state index in [1.807, 2.05) is 56.3 Å². The summed E-state index contributed by atoms with van der Waals surface area (Å²) in [5.74, 6) is -0.0867. The summed E-state index contributed by atoms with van der Waals surface area (Å²) < 4.78 is 8.30. The van der Waals surface area contributed by atoms with Gasteiger partial charge < -0.3 is 19.9 Å². The highest BCUT2D eigenvalue weighted by Crippen LogP contribution is 2.40. The fraction of sp³-hybridized carbons (Fsp3) is 0.300. The molecule has 0 fully saturated rings. The molecule has 140 valence electrons. The topological polar surface area (TPSA) is 84.3 Å². The minimum Gasteiger partial charge on any atom is -0.440 e. The molecule has 0 aliphatic carbocycles. The highest BCUT2D eigenvalue weighted by Gasteiger charge is 2.34. The molecule has 6 nitrogen and oxygen atoms in total. The Morgan fingerprint density at radius 3 is 2.59 bits per heavy atom. The molecule has 0 unspecified atom stereocenters. The second-order valence-corrected chi connectivity index (χ2v) is 7.72. The van der Waals surface area contributed by atoms with Crippen LogP contribution >= 0.6 is 15.9 Å². The monoisotopic (exact) mass is 428 g/mol. The van der Waals surface area contributed by atoms with Crippen LogP contribution in [0.1, 0.15) is 22.7 Å². The molecule has 3 rings (SSSR count). The van der Waals surface area contributed by atoms with Crippen LogP contribution in [0.4, 0.5) is 0 Å². The van der Waals surface area contributed by atoms with Gasteiger partial charge in [-0.15, -0.1) is 0 Å². The lowest BCUT2D eigenvalue weighted by atomic mass is 9.84. The van der Waals surface area contributed by atoms with Crippen LogP contribution in [0.3, 0.4) is 0 Å². The van der Waals surface area contributed by atoms with E-state index in [2.05, 4.69) is 22.0 Å². The van der Waals surface area contributed by atoms with E-state index in [0.29, 0.717) is 17.9 Å². The number of nitrogens with zero attached hydrogens (tertiary/aromatic N) is 3. The summed E-state index contributed by atoms with van der Waals surface area (Å²) in [6.45, 7) is 3.15.